The van der Waals surface area contributed by atoms with Crippen molar-refractivity contribution in [2.75, 3.05) is 6.61 Å². The minimum atomic E-state index is -1.13. The van der Waals surface area contributed by atoms with Crippen molar-refractivity contribution in [1.82, 2.24) is 0 Å². The average Bonchev–Trinajstić information content (AvgIpc) is 4.02. The number of fused-ring (bicyclic) bond motifs is 8. The summed E-state index contributed by atoms with van der Waals surface area (Å²) in [6, 6.07) is 28.7. The highest BCUT2D eigenvalue weighted by atomic mass is 32.2. The maximum Gasteiger partial charge on any atom is 0.334 e. The lowest BCUT2D eigenvalue weighted by Crippen LogP contribution is -2.47. The van der Waals surface area contributed by atoms with Crippen molar-refractivity contribution in [1.29, 1.82) is 0 Å². The van der Waals surface area contributed by atoms with Crippen LogP contribution in [-0.4, -0.2) is 42.8 Å². The van der Waals surface area contributed by atoms with Crippen molar-refractivity contribution >= 4 is 23.5 Å². The van der Waals surface area contributed by atoms with Gasteiger partial charge in [-0.15, -0.1) is 0 Å². The molecule has 0 amide bonds. The van der Waals surface area contributed by atoms with Crippen molar-refractivity contribution in [3.05, 3.63) is 167 Å². The SMILES string of the molecule is C=C(C)COC1(C2CC3C=CC2O3)c2ccccc2C(=O)c2ccc(-c3ccc4c(c3)C(OC(=O)C(=C)C)(C3CC5C=CC3O5)c3ccccc3S4)cc21. The first-order valence-electron chi connectivity index (χ1n) is 18.7. The molecular formula is C47H40O6S. The first kappa shape index (κ1) is 33.8. The summed E-state index contributed by atoms with van der Waals surface area (Å²) in [5.74, 6) is -0.674. The summed E-state index contributed by atoms with van der Waals surface area (Å²) in [7, 11) is 0. The van der Waals surface area contributed by atoms with E-state index in [2.05, 4.69) is 73.9 Å². The molecule has 4 aromatic rings. The van der Waals surface area contributed by atoms with E-state index in [9.17, 15) is 9.59 Å². The molecule has 0 N–H and O–H groups in total. The van der Waals surface area contributed by atoms with Gasteiger partial charge in [0.15, 0.2) is 11.4 Å². The number of carbonyl (C=O) groups excluding carboxylic acids is 2. The highest BCUT2D eigenvalue weighted by Gasteiger charge is 2.59. The van der Waals surface area contributed by atoms with Crippen LogP contribution < -0.4 is 0 Å². The molecular weight excluding hydrogens is 693 g/mol. The van der Waals surface area contributed by atoms with E-state index in [4.69, 9.17) is 18.9 Å². The maximum absolute atomic E-state index is 14.3. The molecule has 0 saturated carbocycles. The molecule has 4 bridgehead atoms. The van der Waals surface area contributed by atoms with E-state index >= 15 is 0 Å². The van der Waals surface area contributed by atoms with E-state index in [0.29, 0.717) is 23.3 Å². The molecule has 6 nitrogen and oxygen atoms in total. The molecule has 4 aromatic carbocycles. The van der Waals surface area contributed by atoms with Crippen LogP contribution in [0.15, 0.2) is 143 Å². The third-order valence-corrected chi connectivity index (χ3v) is 13.3. The van der Waals surface area contributed by atoms with Crippen LogP contribution in [0, 0.1) is 11.8 Å². The topological polar surface area (TPSA) is 71.1 Å². The molecule has 270 valence electrons. The summed E-state index contributed by atoms with van der Waals surface area (Å²) >= 11 is 1.69. The van der Waals surface area contributed by atoms with Crippen LogP contribution in [-0.2, 0) is 34.9 Å². The van der Waals surface area contributed by atoms with E-state index in [1.165, 1.54) is 0 Å². The molecule has 1 aliphatic carbocycles. The van der Waals surface area contributed by atoms with E-state index < -0.39 is 17.2 Å². The number of rotatable bonds is 8. The van der Waals surface area contributed by atoms with Crippen molar-refractivity contribution in [2.24, 2.45) is 11.8 Å². The van der Waals surface area contributed by atoms with Gasteiger partial charge in [-0.1, -0.05) is 115 Å². The van der Waals surface area contributed by atoms with Crippen LogP contribution in [0.1, 0.15) is 64.9 Å². The van der Waals surface area contributed by atoms with Gasteiger partial charge in [0.25, 0.3) is 0 Å². The minimum absolute atomic E-state index is 0.00228. The summed E-state index contributed by atoms with van der Waals surface area (Å²) in [4.78, 5) is 30.1. The Bertz CT molecular complexity index is 2370. The summed E-state index contributed by atoms with van der Waals surface area (Å²) < 4.78 is 26.7. The zero-order valence-electron chi connectivity index (χ0n) is 30.2. The number of ketones is 1. The highest BCUT2D eigenvalue weighted by molar-refractivity contribution is 7.99. The van der Waals surface area contributed by atoms with Crippen LogP contribution in [0.2, 0.25) is 0 Å². The van der Waals surface area contributed by atoms with Gasteiger partial charge in [0.2, 0.25) is 0 Å². The Morgan fingerprint density at radius 3 is 1.96 bits per heavy atom. The molecule has 2 saturated heterocycles. The molecule has 2 fully saturated rings. The molecule has 0 spiro atoms. The lowest BCUT2D eigenvalue weighted by molar-refractivity contribution is -0.159. The quantitative estimate of drug-likeness (QED) is 0.102. The monoisotopic (exact) mass is 732 g/mol. The Balaban J connectivity index is 1.18. The molecule has 5 aliphatic heterocycles. The Kier molecular flexibility index (Phi) is 7.73. The Morgan fingerprint density at radius 1 is 0.722 bits per heavy atom. The van der Waals surface area contributed by atoms with Gasteiger partial charge in [-0.3, -0.25) is 4.79 Å². The number of benzene rings is 4. The molecule has 54 heavy (non-hydrogen) atoms. The van der Waals surface area contributed by atoms with Crippen molar-refractivity contribution in [3.63, 3.8) is 0 Å². The number of carbonyl (C=O) groups is 2. The number of hydrogen-bond acceptors (Lipinski definition) is 7. The second-order valence-electron chi connectivity index (χ2n) is 15.6. The maximum atomic E-state index is 14.3. The summed E-state index contributed by atoms with van der Waals surface area (Å²) in [5.41, 5.74) is 5.87. The van der Waals surface area contributed by atoms with E-state index in [1.54, 1.807) is 18.7 Å². The molecule has 5 heterocycles. The van der Waals surface area contributed by atoms with Crippen LogP contribution in [0.25, 0.3) is 11.1 Å². The van der Waals surface area contributed by atoms with Gasteiger partial charge in [-0.2, -0.15) is 0 Å². The third-order valence-electron chi connectivity index (χ3n) is 12.1. The molecule has 0 radical (unpaired) electrons. The largest absolute Gasteiger partial charge is 0.445 e. The molecule has 6 aliphatic rings. The summed E-state index contributed by atoms with van der Waals surface area (Å²) in [5, 5.41) is 0. The van der Waals surface area contributed by atoms with E-state index in [1.807, 2.05) is 55.5 Å². The van der Waals surface area contributed by atoms with Crippen molar-refractivity contribution < 1.29 is 28.5 Å². The molecule has 7 heteroatoms. The Morgan fingerprint density at radius 2 is 1.31 bits per heavy atom. The molecule has 0 aromatic heterocycles. The second kappa shape index (κ2) is 12.4. The van der Waals surface area contributed by atoms with Crippen molar-refractivity contribution in [3.8, 4) is 11.1 Å². The predicted octanol–water partition coefficient (Wildman–Crippen LogP) is 9.25. The summed E-state index contributed by atoms with van der Waals surface area (Å²) in [6.07, 6.45) is 9.60. The summed E-state index contributed by atoms with van der Waals surface area (Å²) in [6.45, 7) is 12.2. The fourth-order valence-electron chi connectivity index (χ4n) is 9.80. The second-order valence-corrected chi connectivity index (χ2v) is 16.6. The van der Waals surface area contributed by atoms with Crippen LogP contribution in [0.3, 0.4) is 0 Å². The van der Waals surface area contributed by atoms with Crippen LogP contribution in [0.4, 0.5) is 0 Å². The van der Waals surface area contributed by atoms with Gasteiger partial charge >= 0.3 is 5.97 Å². The van der Waals surface area contributed by atoms with E-state index in [-0.39, 0.29) is 42.0 Å². The fraction of sp³-hybridized carbons (Fsp3) is 0.277. The molecule has 10 rings (SSSR count). The van der Waals surface area contributed by atoms with Gasteiger partial charge in [-0.05, 0) is 67.6 Å². The van der Waals surface area contributed by atoms with Crippen LogP contribution >= 0.6 is 11.8 Å². The van der Waals surface area contributed by atoms with Gasteiger partial charge < -0.3 is 18.9 Å². The van der Waals surface area contributed by atoms with Gasteiger partial charge in [0.1, 0.15) is 5.60 Å². The van der Waals surface area contributed by atoms with Crippen LogP contribution in [0.5, 0.6) is 0 Å². The fourth-order valence-corrected chi connectivity index (χ4v) is 11.0. The minimum Gasteiger partial charge on any atom is -0.445 e. The van der Waals surface area contributed by atoms with E-state index in [0.717, 1.165) is 61.6 Å². The number of esters is 1. The van der Waals surface area contributed by atoms with Crippen molar-refractivity contribution in [2.45, 2.75) is 72.1 Å². The van der Waals surface area contributed by atoms with Gasteiger partial charge in [0, 0.05) is 55.0 Å². The Hall–Kier alpha value is -4.79. The number of hydrogen-bond donors (Lipinski definition) is 0. The highest BCUT2D eigenvalue weighted by Crippen LogP contribution is 2.59. The Labute approximate surface area is 319 Å². The third kappa shape index (κ3) is 4.85. The number of ether oxygens (including phenoxy) is 4. The predicted molar refractivity (Wildman–Crippen MR) is 207 cm³/mol. The lowest BCUT2D eigenvalue weighted by Gasteiger charge is -2.46. The first-order chi connectivity index (χ1) is 26.2. The molecule has 8 atom stereocenters. The zero-order valence-corrected chi connectivity index (χ0v) is 31.1. The van der Waals surface area contributed by atoms with Gasteiger partial charge in [-0.25, -0.2) is 4.79 Å². The molecule has 8 unspecified atom stereocenters. The van der Waals surface area contributed by atoms with Gasteiger partial charge in [0.05, 0.1) is 31.0 Å². The standard InChI is InChI=1S/C47H40O6S/c1-26(2)25-50-46(37-23-30-15-18-40(37)51-30)34-10-6-5-9-32(34)44(48)33-17-13-28(21-36(33)46)29-14-20-43-39(22-29)47(53-45(49)27(3)4,35-11-7-8-12-42(35)54-43)38-24-31-16-19-41(38)52-31/h5-22,30-31,37-38,40-41H,1,3,23-25H2,2,4H3. The first-order valence-corrected chi connectivity index (χ1v) is 19.5. The normalized spacial score (nSPS) is 30.4. The zero-order chi connectivity index (χ0) is 36.9. The smallest absolute Gasteiger partial charge is 0.334 e. The lowest BCUT2D eigenvalue weighted by atomic mass is 9.64. The average molecular weight is 733 g/mol.